The largest absolute Gasteiger partial charge is 0.310 e. The Morgan fingerprint density at radius 1 is 1.05 bits per heavy atom. The maximum absolute atomic E-state index is 4.27. The summed E-state index contributed by atoms with van der Waals surface area (Å²) in [5.74, 6) is 0. The summed E-state index contributed by atoms with van der Waals surface area (Å²) in [6, 6.07) is 11.2. The predicted octanol–water partition coefficient (Wildman–Crippen LogP) is 3.69. The van der Waals surface area contributed by atoms with Crippen LogP contribution in [0.25, 0.3) is 0 Å². The van der Waals surface area contributed by atoms with E-state index in [-0.39, 0.29) is 0 Å². The van der Waals surface area contributed by atoms with Gasteiger partial charge in [-0.25, -0.2) is 0 Å². The van der Waals surface area contributed by atoms with Crippen molar-refractivity contribution in [3.8, 4) is 0 Å². The molecule has 1 N–H and O–H groups in total. The maximum atomic E-state index is 4.27. The minimum absolute atomic E-state index is 0.293. The van der Waals surface area contributed by atoms with E-state index in [9.17, 15) is 0 Å². The predicted molar refractivity (Wildman–Crippen MR) is 87.4 cm³/mol. The van der Waals surface area contributed by atoms with Crippen molar-refractivity contribution in [1.82, 2.24) is 15.5 Å². The van der Waals surface area contributed by atoms with E-state index in [2.05, 4.69) is 59.7 Å². The first-order valence-corrected chi connectivity index (χ1v) is 7.70. The van der Waals surface area contributed by atoms with E-state index in [1.807, 2.05) is 13.8 Å². The van der Waals surface area contributed by atoms with Crippen LogP contribution in [0.1, 0.15) is 47.5 Å². The summed E-state index contributed by atoms with van der Waals surface area (Å²) in [4.78, 5) is 0. The Morgan fingerprint density at radius 2 is 1.76 bits per heavy atom. The van der Waals surface area contributed by atoms with Crippen LogP contribution in [0, 0.1) is 20.8 Å². The van der Waals surface area contributed by atoms with Crippen molar-refractivity contribution >= 4 is 0 Å². The SMILES string of the molecule is CCCNC(Cc1ccc(C)cc1)c1cc(C)nnc1C. The Balaban J connectivity index is 2.25. The second kappa shape index (κ2) is 7.32. The van der Waals surface area contributed by atoms with Gasteiger partial charge in [-0.05, 0) is 57.4 Å². The molecule has 2 rings (SSSR count). The molecule has 0 fully saturated rings. The van der Waals surface area contributed by atoms with Gasteiger partial charge in [0, 0.05) is 6.04 Å². The molecule has 0 amide bonds. The van der Waals surface area contributed by atoms with Crippen LogP contribution in [0.5, 0.6) is 0 Å². The van der Waals surface area contributed by atoms with Gasteiger partial charge in [0.1, 0.15) is 0 Å². The molecule has 3 nitrogen and oxygen atoms in total. The first kappa shape index (κ1) is 15.6. The fourth-order valence-corrected chi connectivity index (χ4v) is 2.49. The van der Waals surface area contributed by atoms with Gasteiger partial charge in [0.15, 0.2) is 0 Å². The van der Waals surface area contributed by atoms with Crippen molar-refractivity contribution in [2.24, 2.45) is 0 Å². The molecule has 112 valence electrons. The van der Waals surface area contributed by atoms with Crippen molar-refractivity contribution < 1.29 is 0 Å². The van der Waals surface area contributed by atoms with Crippen LogP contribution in [-0.2, 0) is 6.42 Å². The molecule has 1 atom stereocenters. The second-order valence-electron chi connectivity index (χ2n) is 5.72. The number of hydrogen-bond acceptors (Lipinski definition) is 3. The van der Waals surface area contributed by atoms with Crippen LogP contribution in [0.2, 0.25) is 0 Å². The number of nitrogens with zero attached hydrogens (tertiary/aromatic N) is 2. The Bertz CT molecular complexity index is 576. The van der Waals surface area contributed by atoms with Crippen molar-refractivity contribution in [3.05, 3.63) is 58.4 Å². The summed E-state index contributed by atoms with van der Waals surface area (Å²) in [6.45, 7) is 9.36. The van der Waals surface area contributed by atoms with Crippen LogP contribution >= 0.6 is 0 Å². The molecule has 0 bridgehead atoms. The molecule has 1 unspecified atom stereocenters. The van der Waals surface area contributed by atoms with Gasteiger partial charge in [0.25, 0.3) is 0 Å². The molecule has 3 heteroatoms. The molecule has 0 aliphatic rings. The Morgan fingerprint density at radius 3 is 2.43 bits per heavy atom. The highest BCUT2D eigenvalue weighted by molar-refractivity contribution is 5.28. The van der Waals surface area contributed by atoms with E-state index in [1.165, 1.54) is 16.7 Å². The van der Waals surface area contributed by atoms with Gasteiger partial charge in [-0.3, -0.25) is 0 Å². The molecule has 0 aliphatic heterocycles. The van der Waals surface area contributed by atoms with Crippen LogP contribution < -0.4 is 5.32 Å². The van der Waals surface area contributed by atoms with Crippen molar-refractivity contribution in [2.45, 2.75) is 46.6 Å². The molecule has 0 saturated heterocycles. The number of nitrogens with one attached hydrogen (secondary N) is 1. The number of hydrogen-bond donors (Lipinski definition) is 1. The van der Waals surface area contributed by atoms with Crippen molar-refractivity contribution in [2.75, 3.05) is 6.54 Å². The number of aromatic nitrogens is 2. The normalized spacial score (nSPS) is 12.4. The lowest BCUT2D eigenvalue weighted by atomic mass is 9.97. The van der Waals surface area contributed by atoms with Gasteiger partial charge < -0.3 is 5.32 Å². The standard InChI is InChI=1S/C18H25N3/c1-5-10-19-18(12-16-8-6-13(2)7-9-16)17-11-14(3)20-21-15(17)4/h6-9,11,18-19H,5,10,12H2,1-4H3. The van der Waals surface area contributed by atoms with E-state index in [1.54, 1.807) is 0 Å². The molecule has 0 spiro atoms. The molecular formula is C18H25N3. The van der Waals surface area contributed by atoms with E-state index in [0.717, 1.165) is 30.8 Å². The Hall–Kier alpha value is -1.74. The van der Waals surface area contributed by atoms with Crippen molar-refractivity contribution in [1.29, 1.82) is 0 Å². The quantitative estimate of drug-likeness (QED) is 0.878. The summed E-state index contributed by atoms with van der Waals surface area (Å²) < 4.78 is 0. The van der Waals surface area contributed by atoms with E-state index >= 15 is 0 Å². The highest BCUT2D eigenvalue weighted by Crippen LogP contribution is 2.21. The van der Waals surface area contributed by atoms with Crippen molar-refractivity contribution in [3.63, 3.8) is 0 Å². The lowest BCUT2D eigenvalue weighted by Gasteiger charge is -2.21. The topological polar surface area (TPSA) is 37.8 Å². The van der Waals surface area contributed by atoms with Crippen LogP contribution in [0.4, 0.5) is 0 Å². The van der Waals surface area contributed by atoms with E-state index < -0.39 is 0 Å². The minimum Gasteiger partial charge on any atom is -0.310 e. The summed E-state index contributed by atoms with van der Waals surface area (Å²) >= 11 is 0. The fraction of sp³-hybridized carbons (Fsp3) is 0.444. The second-order valence-corrected chi connectivity index (χ2v) is 5.72. The number of rotatable bonds is 6. The molecule has 1 heterocycles. The van der Waals surface area contributed by atoms with Gasteiger partial charge in [0.05, 0.1) is 11.4 Å². The zero-order chi connectivity index (χ0) is 15.2. The van der Waals surface area contributed by atoms with Gasteiger partial charge in [-0.1, -0.05) is 36.8 Å². The molecule has 21 heavy (non-hydrogen) atoms. The molecule has 1 aromatic carbocycles. The highest BCUT2D eigenvalue weighted by Gasteiger charge is 2.15. The maximum Gasteiger partial charge on any atom is 0.0648 e. The van der Waals surface area contributed by atoms with Gasteiger partial charge in [-0.15, -0.1) is 0 Å². The lowest BCUT2D eigenvalue weighted by molar-refractivity contribution is 0.523. The summed E-state index contributed by atoms with van der Waals surface area (Å²) in [7, 11) is 0. The zero-order valence-corrected chi connectivity index (χ0v) is 13.5. The van der Waals surface area contributed by atoms with E-state index in [0.29, 0.717) is 6.04 Å². The summed E-state index contributed by atoms with van der Waals surface area (Å²) in [5, 5.41) is 12.1. The number of benzene rings is 1. The summed E-state index contributed by atoms with van der Waals surface area (Å²) in [5.41, 5.74) is 5.90. The molecule has 0 aliphatic carbocycles. The summed E-state index contributed by atoms with van der Waals surface area (Å²) in [6.07, 6.45) is 2.10. The zero-order valence-electron chi connectivity index (χ0n) is 13.5. The monoisotopic (exact) mass is 283 g/mol. The van der Waals surface area contributed by atoms with Crippen LogP contribution in [0.3, 0.4) is 0 Å². The molecule has 0 radical (unpaired) electrons. The van der Waals surface area contributed by atoms with Gasteiger partial charge in [-0.2, -0.15) is 10.2 Å². The van der Waals surface area contributed by atoms with Gasteiger partial charge >= 0.3 is 0 Å². The highest BCUT2D eigenvalue weighted by atomic mass is 15.1. The third-order valence-electron chi connectivity index (χ3n) is 3.72. The molecule has 2 aromatic rings. The third-order valence-corrected chi connectivity index (χ3v) is 3.72. The molecular weight excluding hydrogens is 258 g/mol. The van der Waals surface area contributed by atoms with Crippen LogP contribution in [0.15, 0.2) is 30.3 Å². The molecule has 0 saturated carbocycles. The minimum atomic E-state index is 0.293. The first-order chi connectivity index (χ1) is 10.1. The Labute approximate surface area is 127 Å². The smallest absolute Gasteiger partial charge is 0.0648 e. The lowest BCUT2D eigenvalue weighted by Crippen LogP contribution is -2.25. The average Bonchev–Trinajstić information content (AvgIpc) is 2.48. The van der Waals surface area contributed by atoms with Crippen LogP contribution in [-0.4, -0.2) is 16.7 Å². The van der Waals surface area contributed by atoms with E-state index in [4.69, 9.17) is 0 Å². The third kappa shape index (κ3) is 4.36. The average molecular weight is 283 g/mol. The fourth-order valence-electron chi connectivity index (χ4n) is 2.49. The molecule has 1 aromatic heterocycles. The first-order valence-electron chi connectivity index (χ1n) is 7.70. The number of aryl methyl sites for hydroxylation is 3. The van der Waals surface area contributed by atoms with Gasteiger partial charge in [0.2, 0.25) is 0 Å². The Kier molecular flexibility index (Phi) is 5.45.